The lowest BCUT2D eigenvalue weighted by molar-refractivity contribution is -0.137. The van der Waals surface area contributed by atoms with Gasteiger partial charge in [0.1, 0.15) is 6.04 Å². The van der Waals surface area contributed by atoms with E-state index in [1.54, 1.807) is 12.4 Å². The number of benzene rings is 2. The van der Waals surface area contributed by atoms with Crippen LogP contribution in [0.3, 0.4) is 0 Å². The van der Waals surface area contributed by atoms with Gasteiger partial charge in [-0.25, -0.2) is 0 Å². The molecular weight excluding hydrogens is 403 g/mol. The minimum atomic E-state index is -4.34. The van der Waals surface area contributed by atoms with Crippen molar-refractivity contribution in [3.05, 3.63) is 83.7 Å². The standard InChI is InChI=1S/C24H22F3N3O/c1-16(29-22-3-2-11-28-14-22)23(31)30-12-10-19-13-18(4-5-20(19)15-30)17-6-8-21(9-7-17)24(25,26)27/h2-9,11,13-14,16,29H,10,12,15H2,1H3/t16-/m0/s1. The van der Waals surface area contributed by atoms with Crippen LogP contribution in [0.4, 0.5) is 18.9 Å². The highest BCUT2D eigenvalue weighted by molar-refractivity contribution is 5.84. The maximum absolute atomic E-state index is 12.9. The molecule has 4 nitrogen and oxygen atoms in total. The Labute approximate surface area is 178 Å². The van der Waals surface area contributed by atoms with Crippen molar-refractivity contribution in [2.45, 2.75) is 32.1 Å². The first-order chi connectivity index (χ1) is 14.8. The molecule has 0 unspecified atom stereocenters. The number of nitrogens with zero attached hydrogens (tertiary/aromatic N) is 2. The summed E-state index contributed by atoms with van der Waals surface area (Å²) in [6.45, 7) is 2.94. The van der Waals surface area contributed by atoms with Crippen molar-refractivity contribution >= 4 is 11.6 Å². The second-order valence-corrected chi connectivity index (χ2v) is 7.68. The molecule has 1 aromatic heterocycles. The van der Waals surface area contributed by atoms with Crippen molar-refractivity contribution in [3.63, 3.8) is 0 Å². The van der Waals surface area contributed by atoms with E-state index in [4.69, 9.17) is 0 Å². The Morgan fingerprint density at radius 1 is 1.06 bits per heavy atom. The van der Waals surface area contributed by atoms with Crippen molar-refractivity contribution in [2.24, 2.45) is 0 Å². The van der Waals surface area contributed by atoms with Crippen LogP contribution in [0.1, 0.15) is 23.6 Å². The van der Waals surface area contributed by atoms with E-state index in [-0.39, 0.29) is 11.9 Å². The maximum Gasteiger partial charge on any atom is 0.416 e. The Kier molecular flexibility index (Phi) is 5.67. The molecule has 0 radical (unpaired) electrons. The van der Waals surface area contributed by atoms with Crippen molar-refractivity contribution in [1.29, 1.82) is 0 Å². The van der Waals surface area contributed by atoms with Crippen molar-refractivity contribution in [1.82, 2.24) is 9.88 Å². The zero-order valence-corrected chi connectivity index (χ0v) is 17.0. The fourth-order valence-corrected chi connectivity index (χ4v) is 3.81. The van der Waals surface area contributed by atoms with E-state index in [2.05, 4.69) is 10.3 Å². The third-order valence-corrected chi connectivity index (χ3v) is 5.49. The van der Waals surface area contributed by atoms with Crippen LogP contribution in [0.5, 0.6) is 0 Å². The molecule has 1 amide bonds. The first-order valence-electron chi connectivity index (χ1n) is 10.1. The number of anilines is 1. The Morgan fingerprint density at radius 2 is 1.81 bits per heavy atom. The molecular formula is C24H22F3N3O. The molecule has 7 heteroatoms. The fraction of sp³-hybridized carbons (Fsp3) is 0.250. The lowest BCUT2D eigenvalue weighted by Gasteiger charge is -2.31. The Balaban J connectivity index is 1.45. The van der Waals surface area contributed by atoms with E-state index in [0.717, 1.165) is 40.1 Å². The third-order valence-electron chi connectivity index (χ3n) is 5.49. The summed E-state index contributed by atoms with van der Waals surface area (Å²) < 4.78 is 38.4. The van der Waals surface area contributed by atoms with Gasteiger partial charge in [0.25, 0.3) is 0 Å². The molecule has 1 N–H and O–H groups in total. The summed E-state index contributed by atoms with van der Waals surface area (Å²) in [5.41, 5.74) is 3.93. The highest BCUT2D eigenvalue weighted by atomic mass is 19.4. The van der Waals surface area contributed by atoms with E-state index in [1.807, 2.05) is 42.2 Å². The van der Waals surface area contributed by atoms with Gasteiger partial charge >= 0.3 is 6.18 Å². The lowest BCUT2D eigenvalue weighted by atomic mass is 9.94. The summed E-state index contributed by atoms with van der Waals surface area (Å²) >= 11 is 0. The zero-order valence-electron chi connectivity index (χ0n) is 17.0. The molecule has 1 atom stereocenters. The van der Waals surface area contributed by atoms with Gasteiger partial charge in [-0.15, -0.1) is 0 Å². The number of carbonyl (C=O) groups excluding carboxylic acids is 1. The predicted octanol–water partition coefficient (Wildman–Crippen LogP) is 5.15. The van der Waals surface area contributed by atoms with E-state index < -0.39 is 11.7 Å². The first-order valence-corrected chi connectivity index (χ1v) is 10.1. The average molecular weight is 425 g/mol. The van der Waals surface area contributed by atoms with Gasteiger partial charge in [-0.2, -0.15) is 13.2 Å². The molecule has 2 heterocycles. The molecule has 3 aromatic rings. The van der Waals surface area contributed by atoms with E-state index in [0.29, 0.717) is 19.5 Å². The minimum absolute atomic E-state index is 0.0151. The molecule has 0 saturated carbocycles. The number of carbonyl (C=O) groups is 1. The van der Waals surface area contributed by atoms with Gasteiger partial charge in [-0.3, -0.25) is 9.78 Å². The summed E-state index contributed by atoms with van der Waals surface area (Å²) in [5.74, 6) is 0.0151. The Hall–Kier alpha value is -3.35. The van der Waals surface area contributed by atoms with E-state index in [1.165, 1.54) is 12.1 Å². The third kappa shape index (κ3) is 4.71. The number of aromatic nitrogens is 1. The Morgan fingerprint density at radius 3 is 2.48 bits per heavy atom. The monoisotopic (exact) mass is 425 g/mol. The second kappa shape index (κ2) is 8.41. The second-order valence-electron chi connectivity index (χ2n) is 7.68. The number of halogens is 3. The van der Waals surface area contributed by atoms with E-state index >= 15 is 0 Å². The molecule has 1 aliphatic rings. The van der Waals surface area contributed by atoms with Crippen LogP contribution in [-0.2, 0) is 23.9 Å². The van der Waals surface area contributed by atoms with Gasteiger partial charge in [0, 0.05) is 25.5 Å². The van der Waals surface area contributed by atoms with Gasteiger partial charge in [0.15, 0.2) is 0 Å². The van der Waals surface area contributed by atoms with Crippen molar-refractivity contribution in [2.75, 3.05) is 11.9 Å². The summed E-state index contributed by atoms with van der Waals surface area (Å²) in [6, 6.07) is 14.4. The van der Waals surface area contributed by atoms with Crippen LogP contribution in [0.15, 0.2) is 67.0 Å². The Bertz CT molecular complexity index is 1070. The van der Waals surface area contributed by atoms with Crippen LogP contribution in [0, 0.1) is 0 Å². The molecule has 0 bridgehead atoms. The molecule has 0 spiro atoms. The van der Waals surface area contributed by atoms with Gasteiger partial charge < -0.3 is 10.2 Å². The van der Waals surface area contributed by atoms with Crippen LogP contribution in [-0.4, -0.2) is 28.4 Å². The molecule has 0 aliphatic carbocycles. The first kappa shape index (κ1) is 20.9. The van der Waals surface area contributed by atoms with Gasteiger partial charge in [0.2, 0.25) is 5.91 Å². The molecule has 0 fully saturated rings. The SMILES string of the molecule is C[C@H](Nc1cccnc1)C(=O)N1CCc2cc(-c3ccc(C(F)(F)F)cc3)ccc2C1. The summed E-state index contributed by atoms with van der Waals surface area (Å²) in [5, 5.41) is 3.17. The minimum Gasteiger partial charge on any atom is -0.373 e. The van der Waals surface area contributed by atoms with Crippen molar-refractivity contribution < 1.29 is 18.0 Å². The van der Waals surface area contributed by atoms with Crippen LogP contribution >= 0.6 is 0 Å². The smallest absolute Gasteiger partial charge is 0.373 e. The topological polar surface area (TPSA) is 45.2 Å². The number of rotatable bonds is 4. The zero-order chi connectivity index (χ0) is 22.0. The quantitative estimate of drug-likeness (QED) is 0.629. The summed E-state index contributed by atoms with van der Waals surface area (Å²) in [6.07, 6.45) is -0.279. The highest BCUT2D eigenvalue weighted by Crippen LogP contribution is 2.32. The molecule has 0 saturated heterocycles. The molecule has 2 aromatic carbocycles. The number of alkyl halides is 3. The number of fused-ring (bicyclic) bond motifs is 1. The van der Waals surface area contributed by atoms with Gasteiger partial charge in [0.05, 0.1) is 11.3 Å². The molecule has 4 rings (SSSR count). The molecule has 160 valence electrons. The maximum atomic E-state index is 12.9. The van der Waals surface area contributed by atoms with Gasteiger partial charge in [-0.1, -0.05) is 30.3 Å². The average Bonchev–Trinajstić information content (AvgIpc) is 2.78. The van der Waals surface area contributed by atoms with Crippen molar-refractivity contribution in [3.8, 4) is 11.1 Å². The number of hydrogen-bond acceptors (Lipinski definition) is 3. The van der Waals surface area contributed by atoms with Crippen LogP contribution in [0.2, 0.25) is 0 Å². The van der Waals surface area contributed by atoms with E-state index in [9.17, 15) is 18.0 Å². The molecule has 31 heavy (non-hydrogen) atoms. The highest BCUT2D eigenvalue weighted by Gasteiger charge is 2.30. The number of amides is 1. The summed E-state index contributed by atoms with van der Waals surface area (Å²) in [4.78, 5) is 18.7. The van der Waals surface area contributed by atoms with Crippen LogP contribution < -0.4 is 5.32 Å². The van der Waals surface area contributed by atoms with Crippen LogP contribution in [0.25, 0.3) is 11.1 Å². The number of pyridine rings is 1. The summed E-state index contributed by atoms with van der Waals surface area (Å²) in [7, 11) is 0. The lowest BCUT2D eigenvalue weighted by Crippen LogP contribution is -2.43. The predicted molar refractivity (Wildman–Crippen MR) is 113 cm³/mol. The number of hydrogen-bond donors (Lipinski definition) is 1. The largest absolute Gasteiger partial charge is 0.416 e. The number of nitrogens with one attached hydrogen (secondary N) is 1. The molecule has 1 aliphatic heterocycles. The normalized spacial score (nSPS) is 14.6. The fourth-order valence-electron chi connectivity index (χ4n) is 3.81. The van der Waals surface area contributed by atoms with Gasteiger partial charge in [-0.05, 0) is 59.9 Å².